The number of aliphatic hydroxyl groups excluding tert-OH is 2. The molecule has 20 nitrogen and oxygen atoms in total. The summed E-state index contributed by atoms with van der Waals surface area (Å²) in [5.74, 6) is -0.0527. The molecule has 0 bridgehead atoms. The third kappa shape index (κ3) is 6.54. The van der Waals surface area contributed by atoms with Crippen molar-refractivity contribution >= 4 is 46.4 Å². The molecule has 3 rings (SSSR count). The first-order valence-corrected chi connectivity index (χ1v) is 13.3. The quantitative estimate of drug-likeness (QED) is 0.0963. The van der Waals surface area contributed by atoms with Gasteiger partial charge in [-0.3, -0.25) is 13.9 Å². The van der Waals surface area contributed by atoms with Crippen LogP contribution in [0.3, 0.4) is 0 Å². The van der Waals surface area contributed by atoms with E-state index in [0.29, 0.717) is 0 Å². The molecule has 34 heavy (non-hydrogen) atoms. The van der Waals surface area contributed by atoms with E-state index in [1.807, 2.05) is 0 Å². The summed E-state index contributed by atoms with van der Waals surface area (Å²) >= 11 is 0. The number of nitrogens with one attached hydrogen (secondary N) is 1. The minimum atomic E-state index is -5.80. The summed E-state index contributed by atoms with van der Waals surface area (Å²) < 4.78 is 52.1. The summed E-state index contributed by atoms with van der Waals surface area (Å²) in [5.41, 5.74) is 8.45. The molecule has 1 saturated heterocycles. The molecule has 1 aliphatic rings. The van der Waals surface area contributed by atoms with E-state index in [1.165, 1.54) is 18.0 Å². The molecule has 2 aromatic rings. The Labute approximate surface area is 188 Å². The number of ether oxygens (including phenoxy) is 1. The lowest BCUT2D eigenvalue weighted by Gasteiger charge is -2.23. The van der Waals surface area contributed by atoms with Crippen LogP contribution in [0.5, 0.6) is 0 Å². The molecule has 23 heteroatoms. The minimum absolute atomic E-state index is 0.117. The highest BCUT2D eigenvalue weighted by Crippen LogP contribution is 2.66. The van der Waals surface area contributed by atoms with Gasteiger partial charge < -0.3 is 40.3 Å². The van der Waals surface area contributed by atoms with Crippen LogP contribution in [0.1, 0.15) is 12.6 Å². The zero-order valence-corrected chi connectivity index (χ0v) is 19.4. The second-order valence-corrected chi connectivity index (χ2v) is 10.9. The van der Waals surface area contributed by atoms with E-state index >= 15 is 0 Å². The number of nitrogen functional groups attached to an aromatic ring is 1. The van der Waals surface area contributed by atoms with Gasteiger partial charge in [-0.1, -0.05) is 0 Å². The van der Waals surface area contributed by atoms with Crippen molar-refractivity contribution in [2.24, 2.45) is 0 Å². The molecule has 9 N–H and O–H groups in total. The first kappa shape index (κ1) is 27.0. The summed E-state index contributed by atoms with van der Waals surface area (Å²) in [5, 5.41) is 20.3. The number of fused-ring (bicyclic) bond motifs is 1. The normalized spacial score (nSPS) is 25.7. The number of phosphoric acid groups is 3. The van der Waals surface area contributed by atoms with Gasteiger partial charge in [0.05, 0.1) is 19.5 Å². The molecule has 6 atom stereocenters. The fraction of sp³-hybridized carbons (Fsp3) is 0.545. The number of hydrogen-bond acceptors (Lipinski definition) is 15. The van der Waals surface area contributed by atoms with E-state index in [2.05, 4.69) is 33.6 Å². The van der Waals surface area contributed by atoms with Crippen molar-refractivity contribution in [3.05, 3.63) is 6.33 Å². The average Bonchev–Trinajstić information content (AvgIpc) is 3.21. The summed E-state index contributed by atoms with van der Waals surface area (Å²) in [6.07, 6.45) is -5.68. The van der Waals surface area contributed by atoms with Crippen LogP contribution in [0.4, 0.5) is 11.8 Å². The van der Waals surface area contributed by atoms with Crippen LogP contribution < -0.4 is 11.2 Å². The lowest BCUT2D eigenvalue weighted by Crippen LogP contribution is -2.35. The van der Waals surface area contributed by atoms with Gasteiger partial charge in [-0.15, -0.1) is 0 Å². The molecule has 3 heterocycles. The van der Waals surface area contributed by atoms with Crippen molar-refractivity contribution in [1.29, 1.82) is 0 Å². The molecule has 192 valence electrons. The van der Waals surface area contributed by atoms with Crippen molar-refractivity contribution in [2.45, 2.75) is 31.1 Å². The molecule has 0 amide bonds. The second kappa shape index (κ2) is 9.81. The number of nitrogens with zero attached hydrogens (tertiary/aromatic N) is 4. The van der Waals surface area contributed by atoms with Crippen molar-refractivity contribution in [3.8, 4) is 0 Å². The minimum Gasteiger partial charge on any atom is -0.390 e. The van der Waals surface area contributed by atoms with E-state index in [-0.39, 0.29) is 29.4 Å². The van der Waals surface area contributed by atoms with Crippen LogP contribution in [-0.4, -0.2) is 74.9 Å². The first-order valence-electron chi connectivity index (χ1n) is 8.73. The van der Waals surface area contributed by atoms with Crippen molar-refractivity contribution in [3.63, 3.8) is 0 Å². The third-order valence-electron chi connectivity index (χ3n) is 4.02. The molecular formula is C11H19N6O14P3. The summed E-state index contributed by atoms with van der Waals surface area (Å²) in [7, 11) is -15.8. The van der Waals surface area contributed by atoms with Crippen molar-refractivity contribution in [2.75, 3.05) is 18.3 Å². The standard InChI is InChI=1S/C11H19N6O14P3/c1-27-16-8-6-9(15-11(12)14-8)17(3-13-6)5-2-4(18)7(28-5)10(19)29-33(23,24)31-34(25,26)30-32(20,21)22/h3-5,7,10,18-19H,2H2,1H3,(H,23,24)(H,25,26)(H2,20,21,22)(H3,12,14,15,16)/t4-,5-,7-,10?/m0/s1. The molecule has 0 aromatic carbocycles. The van der Waals surface area contributed by atoms with Gasteiger partial charge in [-0.05, 0) is 0 Å². The zero-order valence-electron chi connectivity index (χ0n) is 16.8. The highest BCUT2D eigenvalue weighted by molar-refractivity contribution is 7.66. The van der Waals surface area contributed by atoms with Crippen LogP contribution >= 0.6 is 23.5 Å². The Balaban J connectivity index is 1.74. The lowest BCUT2D eigenvalue weighted by molar-refractivity contribution is -0.160. The van der Waals surface area contributed by atoms with E-state index in [9.17, 15) is 28.8 Å². The van der Waals surface area contributed by atoms with Crippen LogP contribution in [0.2, 0.25) is 0 Å². The van der Waals surface area contributed by atoms with Crippen LogP contribution in [-0.2, 0) is 36.4 Å². The molecular weight excluding hydrogens is 533 g/mol. The largest absolute Gasteiger partial charge is 0.490 e. The fourth-order valence-electron chi connectivity index (χ4n) is 2.91. The zero-order chi connectivity index (χ0) is 25.5. The van der Waals surface area contributed by atoms with Crippen LogP contribution in [0.25, 0.3) is 11.2 Å². The maximum absolute atomic E-state index is 11.9. The Morgan fingerprint density at radius 3 is 2.50 bits per heavy atom. The Bertz CT molecular complexity index is 1190. The SMILES string of the molecule is CONc1nc(N)nc2c1ncn2[C@@H]1C[C@H](O)[C@@H](C(O)OP(=O)(O)OP(=O)(O)OP(=O)(O)O)O1. The average molecular weight is 552 g/mol. The Morgan fingerprint density at radius 1 is 1.21 bits per heavy atom. The number of anilines is 2. The maximum Gasteiger partial charge on any atom is 0.490 e. The van der Waals surface area contributed by atoms with Gasteiger partial charge in [0.15, 0.2) is 23.3 Å². The summed E-state index contributed by atoms with van der Waals surface area (Å²) in [6, 6.07) is 0. The number of imidazole rings is 1. The number of nitrogens with two attached hydrogens (primary N) is 1. The third-order valence-corrected chi connectivity index (χ3v) is 7.83. The molecule has 0 aliphatic carbocycles. The maximum atomic E-state index is 11.9. The molecule has 3 unspecified atom stereocenters. The first-order chi connectivity index (χ1) is 15.6. The van der Waals surface area contributed by atoms with E-state index < -0.39 is 48.2 Å². The molecule has 0 spiro atoms. The fourth-order valence-corrected chi connectivity index (χ4v) is 5.96. The molecule has 1 fully saturated rings. The monoisotopic (exact) mass is 552 g/mol. The van der Waals surface area contributed by atoms with Gasteiger partial charge in [0.1, 0.15) is 12.3 Å². The number of rotatable bonds is 10. The summed E-state index contributed by atoms with van der Waals surface area (Å²) in [6.45, 7) is 0. The second-order valence-electron chi connectivity index (χ2n) is 6.51. The van der Waals surface area contributed by atoms with Gasteiger partial charge in [-0.2, -0.15) is 18.6 Å². The highest BCUT2D eigenvalue weighted by atomic mass is 31.3. The van der Waals surface area contributed by atoms with Crippen LogP contribution in [0, 0.1) is 0 Å². The Morgan fingerprint density at radius 2 is 1.88 bits per heavy atom. The smallest absolute Gasteiger partial charge is 0.390 e. The number of aliphatic hydroxyl groups is 2. The van der Waals surface area contributed by atoms with Gasteiger partial charge in [0.25, 0.3) is 0 Å². The molecule has 1 aliphatic heterocycles. The van der Waals surface area contributed by atoms with Gasteiger partial charge in [0.2, 0.25) is 5.95 Å². The number of phosphoric ester groups is 1. The summed E-state index contributed by atoms with van der Waals surface area (Å²) in [4.78, 5) is 52.6. The number of hydrogen-bond donors (Lipinski definition) is 8. The molecule has 0 radical (unpaired) electrons. The van der Waals surface area contributed by atoms with E-state index in [0.717, 1.165) is 0 Å². The molecule has 2 aromatic heterocycles. The van der Waals surface area contributed by atoms with E-state index in [1.54, 1.807) is 0 Å². The lowest BCUT2D eigenvalue weighted by atomic mass is 10.2. The highest BCUT2D eigenvalue weighted by Gasteiger charge is 2.46. The topological polar surface area (TPSA) is 300 Å². The van der Waals surface area contributed by atoms with Gasteiger partial charge in [-0.25, -0.2) is 24.2 Å². The predicted octanol–water partition coefficient (Wildman–Crippen LogP) is -1.31. The van der Waals surface area contributed by atoms with Gasteiger partial charge in [0, 0.05) is 6.42 Å². The van der Waals surface area contributed by atoms with E-state index in [4.69, 9.17) is 30.0 Å². The molecule has 0 saturated carbocycles. The Kier molecular flexibility index (Phi) is 7.79. The Hall–Kier alpha value is -1.60. The van der Waals surface area contributed by atoms with Crippen molar-refractivity contribution in [1.82, 2.24) is 19.5 Å². The van der Waals surface area contributed by atoms with Crippen LogP contribution in [0.15, 0.2) is 6.33 Å². The number of aromatic nitrogens is 4. The van der Waals surface area contributed by atoms with Gasteiger partial charge >= 0.3 is 23.5 Å². The van der Waals surface area contributed by atoms with Crippen molar-refractivity contribution < 1.29 is 66.2 Å². The predicted molar refractivity (Wildman–Crippen MR) is 106 cm³/mol.